The van der Waals surface area contributed by atoms with E-state index in [0.29, 0.717) is 5.56 Å². The summed E-state index contributed by atoms with van der Waals surface area (Å²) in [5, 5.41) is 2.47. The van der Waals surface area contributed by atoms with Crippen molar-refractivity contribution >= 4 is 17.7 Å². The summed E-state index contributed by atoms with van der Waals surface area (Å²) in [6, 6.07) is 8.55. The van der Waals surface area contributed by atoms with E-state index in [0.717, 1.165) is 4.90 Å². The number of likely N-dealkylation sites (N-methyl/N-ethyl adjacent to an activating group) is 1. The van der Waals surface area contributed by atoms with Crippen molar-refractivity contribution in [1.29, 1.82) is 0 Å². The number of primary amides is 1. The van der Waals surface area contributed by atoms with Crippen LogP contribution in [0.4, 0.5) is 0 Å². The number of nitrogens with two attached hydrogens (primary N) is 1. The van der Waals surface area contributed by atoms with Crippen molar-refractivity contribution in [3.8, 4) is 0 Å². The van der Waals surface area contributed by atoms with Gasteiger partial charge in [0.2, 0.25) is 11.8 Å². The largest absolute Gasteiger partial charge is 0.368 e. The molecule has 0 bridgehead atoms. The summed E-state index contributed by atoms with van der Waals surface area (Å²) in [6.45, 7) is -0.336. The molecular formula is C12H15N3O3. The third-order valence-electron chi connectivity index (χ3n) is 2.25. The van der Waals surface area contributed by atoms with Crippen LogP contribution in [-0.2, 0) is 9.59 Å². The Bertz CT molecular complexity index is 445. The zero-order valence-corrected chi connectivity index (χ0v) is 10.1. The Kier molecular flexibility index (Phi) is 4.86. The number of rotatable bonds is 5. The Morgan fingerprint density at radius 1 is 1.22 bits per heavy atom. The van der Waals surface area contributed by atoms with E-state index in [4.69, 9.17) is 5.73 Å². The van der Waals surface area contributed by atoms with Crippen molar-refractivity contribution in [2.75, 3.05) is 20.1 Å². The highest BCUT2D eigenvalue weighted by Crippen LogP contribution is 1.97. The van der Waals surface area contributed by atoms with Gasteiger partial charge in [0.05, 0.1) is 13.1 Å². The molecule has 1 rings (SSSR count). The molecule has 0 fully saturated rings. The molecule has 1 aromatic rings. The second-order valence-electron chi connectivity index (χ2n) is 3.76. The highest BCUT2D eigenvalue weighted by Gasteiger charge is 2.12. The van der Waals surface area contributed by atoms with Gasteiger partial charge in [-0.2, -0.15) is 0 Å². The van der Waals surface area contributed by atoms with Crippen molar-refractivity contribution in [2.45, 2.75) is 0 Å². The van der Waals surface area contributed by atoms with Crippen LogP contribution in [0.2, 0.25) is 0 Å². The average molecular weight is 249 g/mol. The molecule has 18 heavy (non-hydrogen) atoms. The Labute approximate surface area is 105 Å². The van der Waals surface area contributed by atoms with Gasteiger partial charge in [-0.15, -0.1) is 0 Å². The number of benzene rings is 1. The number of nitrogens with zero attached hydrogens (tertiary/aromatic N) is 1. The number of hydrogen-bond acceptors (Lipinski definition) is 3. The SMILES string of the molecule is CN(CC(N)=O)C(=O)CNC(=O)c1ccccc1. The van der Waals surface area contributed by atoms with Crippen LogP contribution in [0.1, 0.15) is 10.4 Å². The summed E-state index contributed by atoms with van der Waals surface area (Å²) >= 11 is 0. The van der Waals surface area contributed by atoms with E-state index in [-0.39, 0.29) is 24.9 Å². The Morgan fingerprint density at radius 2 is 1.83 bits per heavy atom. The lowest BCUT2D eigenvalue weighted by molar-refractivity contribution is -0.132. The number of nitrogens with one attached hydrogen (secondary N) is 1. The first kappa shape index (κ1) is 13.7. The number of amides is 3. The van der Waals surface area contributed by atoms with Crippen LogP contribution in [-0.4, -0.2) is 42.8 Å². The highest BCUT2D eigenvalue weighted by molar-refractivity contribution is 5.96. The van der Waals surface area contributed by atoms with Crippen LogP contribution in [0.25, 0.3) is 0 Å². The van der Waals surface area contributed by atoms with Crippen LogP contribution < -0.4 is 11.1 Å². The van der Waals surface area contributed by atoms with Gasteiger partial charge < -0.3 is 16.0 Å². The van der Waals surface area contributed by atoms with E-state index in [1.54, 1.807) is 30.3 Å². The minimum absolute atomic E-state index is 0.167. The molecule has 0 saturated carbocycles. The van der Waals surface area contributed by atoms with Crippen LogP contribution in [0.5, 0.6) is 0 Å². The summed E-state index contributed by atoms with van der Waals surface area (Å²) in [7, 11) is 1.45. The lowest BCUT2D eigenvalue weighted by Gasteiger charge is -2.15. The quantitative estimate of drug-likeness (QED) is 0.727. The molecule has 3 N–H and O–H groups in total. The van der Waals surface area contributed by atoms with Gasteiger partial charge in [-0.3, -0.25) is 14.4 Å². The smallest absolute Gasteiger partial charge is 0.251 e. The molecule has 6 heteroatoms. The second-order valence-corrected chi connectivity index (χ2v) is 3.76. The molecular weight excluding hydrogens is 234 g/mol. The first-order chi connectivity index (χ1) is 8.50. The normalized spacial score (nSPS) is 9.61. The molecule has 0 unspecified atom stereocenters. The van der Waals surface area contributed by atoms with E-state index in [1.807, 2.05) is 0 Å². The molecule has 3 amide bonds. The molecule has 0 aromatic heterocycles. The summed E-state index contributed by atoms with van der Waals surface area (Å²) < 4.78 is 0. The molecule has 0 aliphatic carbocycles. The van der Waals surface area contributed by atoms with Crippen LogP contribution >= 0.6 is 0 Å². The van der Waals surface area contributed by atoms with Gasteiger partial charge >= 0.3 is 0 Å². The maximum absolute atomic E-state index is 11.6. The van der Waals surface area contributed by atoms with Crippen LogP contribution in [0.3, 0.4) is 0 Å². The van der Waals surface area contributed by atoms with Gasteiger partial charge in [0.25, 0.3) is 5.91 Å². The number of hydrogen-bond donors (Lipinski definition) is 2. The molecule has 0 saturated heterocycles. The summed E-state index contributed by atoms with van der Waals surface area (Å²) in [6.07, 6.45) is 0. The van der Waals surface area contributed by atoms with E-state index in [1.165, 1.54) is 7.05 Å². The van der Waals surface area contributed by atoms with Gasteiger partial charge in [-0.1, -0.05) is 18.2 Å². The molecule has 96 valence electrons. The predicted octanol–water partition coefficient (Wildman–Crippen LogP) is -0.640. The molecule has 0 aliphatic rings. The van der Waals surface area contributed by atoms with E-state index in [2.05, 4.69) is 5.32 Å². The van der Waals surface area contributed by atoms with E-state index in [9.17, 15) is 14.4 Å². The maximum atomic E-state index is 11.6. The molecule has 0 aliphatic heterocycles. The van der Waals surface area contributed by atoms with Crippen molar-refractivity contribution in [1.82, 2.24) is 10.2 Å². The first-order valence-electron chi connectivity index (χ1n) is 5.36. The van der Waals surface area contributed by atoms with Crippen LogP contribution in [0.15, 0.2) is 30.3 Å². The topological polar surface area (TPSA) is 92.5 Å². The highest BCUT2D eigenvalue weighted by atomic mass is 16.2. The summed E-state index contributed by atoms with van der Waals surface area (Å²) in [4.78, 5) is 34.9. The Hall–Kier alpha value is -2.37. The summed E-state index contributed by atoms with van der Waals surface area (Å²) in [5.41, 5.74) is 5.43. The Morgan fingerprint density at radius 3 is 2.39 bits per heavy atom. The Balaban J connectivity index is 2.44. The maximum Gasteiger partial charge on any atom is 0.251 e. The molecule has 6 nitrogen and oxygen atoms in total. The van der Waals surface area contributed by atoms with E-state index >= 15 is 0 Å². The molecule has 1 aromatic carbocycles. The van der Waals surface area contributed by atoms with Gasteiger partial charge in [0.15, 0.2) is 0 Å². The zero-order chi connectivity index (χ0) is 13.5. The molecule has 0 radical (unpaired) electrons. The molecule has 0 atom stereocenters. The fourth-order valence-electron chi connectivity index (χ4n) is 1.30. The first-order valence-corrected chi connectivity index (χ1v) is 5.36. The predicted molar refractivity (Wildman–Crippen MR) is 65.6 cm³/mol. The molecule has 0 spiro atoms. The summed E-state index contributed by atoms with van der Waals surface area (Å²) in [5.74, 6) is -1.31. The van der Waals surface area contributed by atoms with Gasteiger partial charge in [-0.05, 0) is 12.1 Å². The minimum Gasteiger partial charge on any atom is -0.368 e. The minimum atomic E-state index is -0.597. The zero-order valence-electron chi connectivity index (χ0n) is 10.1. The van der Waals surface area contributed by atoms with Gasteiger partial charge in [0.1, 0.15) is 0 Å². The van der Waals surface area contributed by atoms with Gasteiger partial charge in [-0.25, -0.2) is 0 Å². The monoisotopic (exact) mass is 249 g/mol. The number of carbonyl (C=O) groups is 3. The van der Waals surface area contributed by atoms with Gasteiger partial charge in [0, 0.05) is 12.6 Å². The third kappa shape index (κ3) is 4.25. The lowest BCUT2D eigenvalue weighted by Crippen LogP contribution is -2.41. The van der Waals surface area contributed by atoms with Crippen molar-refractivity contribution in [2.24, 2.45) is 5.73 Å². The second kappa shape index (κ2) is 6.39. The standard InChI is InChI=1S/C12H15N3O3/c1-15(8-10(13)16)11(17)7-14-12(18)9-5-3-2-4-6-9/h2-6H,7-8H2,1H3,(H2,13,16)(H,14,18). The van der Waals surface area contributed by atoms with Crippen molar-refractivity contribution in [3.05, 3.63) is 35.9 Å². The lowest BCUT2D eigenvalue weighted by atomic mass is 10.2. The van der Waals surface area contributed by atoms with Crippen molar-refractivity contribution < 1.29 is 14.4 Å². The van der Waals surface area contributed by atoms with E-state index < -0.39 is 5.91 Å². The fraction of sp³-hybridized carbons (Fsp3) is 0.250. The average Bonchev–Trinajstić information content (AvgIpc) is 2.35. The number of carbonyl (C=O) groups excluding carboxylic acids is 3. The fourth-order valence-corrected chi connectivity index (χ4v) is 1.30. The van der Waals surface area contributed by atoms with Crippen molar-refractivity contribution in [3.63, 3.8) is 0 Å². The molecule has 0 heterocycles. The third-order valence-corrected chi connectivity index (χ3v) is 2.25. The van der Waals surface area contributed by atoms with Crippen LogP contribution in [0, 0.1) is 0 Å².